The Kier molecular flexibility index (Phi) is 25.8. The topological polar surface area (TPSA) is 130 Å². The summed E-state index contributed by atoms with van der Waals surface area (Å²) >= 11 is 0. The lowest BCUT2D eigenvalue weighted by Crippen LogP contribution is -2.04. The fraction of sp³-hybridized carbons (Fsp3) is 1.00. The Hall–Kier alpha value is -0.210. The van der Waals surface area contributed by atoms with Gasteiger partial charge in [0.05, 0.1) is 6.61 Å². The summed E-state index contributed by atoms with van der Waals surface area (Å²) in [5, 5.41) is 0. The third kappa shape index (κ3) is 28.8. The predicted molar refractivity (Wildman–Crippen MR) is 106 cm³/mol. The highest BCUT2D eigenvalue weighted by atomic mass is 32.3. The van der Waals surface area contributed by atoms with Gasteiger partial charge in [-0.15, -0.1) is 0 Å². The summed E-state index contributed by atoms with van der Waals surface area (Å²) in [4.78, 5) is 0. The van der Waals surface area contributed by atoms with Gasteiger partial charge in [-0.3, -0.25) is 4.55 Å². The van der Waals surface area contributed by atoms with E-state index in [4.69, 9.17) is 4.55 Å². The molecule has 0 saturated carbocycles. The molecule has 0 aromatic rings. The molecule has 0 radical (unpaired) electrons. The molecule has 0 aliphatic carbocycles. The Balaban J connectivity index is -0.00000242. The molecular weight excluding hydrogens is 342 g/mol. The van der Waals surface area contributed by atoms with Crippen molar-refractivity contribution in [1.82, 2.24) is 6.15 Å². The first kappa shape index (κ1) is 29.5. The van der Waals surface area contributed by atoms with E-state index in [1.165, 1.54) is 83.5 Å². The largest absolute Gasteiger partial charge is 0.412 e. The number of hydrogen-bond acceptors (Lipinski definition) is 4. The van der Waals surface area contributed by atoms with Crippen molar-refractivity contribution >= 4 is 10.4 Å². The number of hydrogen-bond donors (Lipinski definition) is 2. The van der Waals surface area contributed by atoms with E-state index in [2.05, 4.69) is 11.1 Å². The summed E-state index contributed by atoms with van der Waals surface area (Å²) < 4.78 is 33.3. The fourth-order valence-electron chi connectivity index (χ4n) is 2.81. The smallest absolute Gasteiger partial charge is 0.397 e. The number of rotatable bonds is 18. The second-order valence-corrected chi connectivity index (χ2v) is 7.64. The zero-order valence-electron chi connectivity index (χ0n) is 16.3. The molecule has 0 aromatic carbocycles. The summed E-state index contributed by atoms with van der Waals surface area (Å²) in [5.41, 5.74) is 0. The van der Waals surface area contributed by atoms with Crippen molar-refractivity contribution in [1.29, 1.82) is 0 Å². The molecule has 0 rings (SSSR count). The molecule has 0 fully saturated rings. The van der Waals surface area contributed by atoms with Crippen molar-refractivity contribution in [2.24, 2.45) is 0 Å². The summed E-state index contributed by atoms with van der Waals surface area (Å²) in [5.74, 6) is 0. The second kappa shape index (κ2) is 21.8. The Morgan fingerprint density at radius 2 is 0.920 bits per heavy atom. The van der Waals surface area contributed by atoms with Crippen molar-refractivity contribution in [2.45, 2.75) is 110 Å². The maximum absolute atomic E-state index is 10.3. The maximum Gasteiger partial charge on any atom is 0.397 e. The van der Waals surface area contributed by atoms with Gasteiger partial charge in [-0.1, -0.05) is 103 Å². The van der Waals surface area contributed by atoms with Crippen molar-refractivity contribution in [3.05, 3.63) is 0 Å². The Labute approximate surface area is 156 Å². The monoisotopic (exact) mass is 385 g/mol. The van der Waals surface area contributed by atoms with E-state index in [0.29, 0.717) is 6.42 Å². The van der Waals surface area contributed by atoms with Gasteiger partial charge in [0.1, 0.15) is 0 Å². The highest BCUT2D eigenvalue weighted by Gasteiger charge is 2.02. The minimum Gasteiger partial charge on any atom is -0.412 e. The van der Waals surface area contributed by atoms with Gasteiger partial charge in [-0.05, 0) is 6.42 Å². The van der Waals surface area contributed by atoms with Gasteiger partial charge < -0.3 is 11.6 Å². The Bertz CT molecular complexity index is 336. The van der Waals surface area contributed by atoms with Crippen LogP contribution < -0.4 is 6.15 Å². The molecule has 7 heteroatoms. The molecule has 0 unspecified atom stereocenters. The van der Waals surface area contributed by atoms with Crippen LogP contribution in [0.4, 0.5) is 0 Å². The Morgan fingerprint density at radius 3 is 1.20 bits per heavy atom. The van der Waals surface area contributed by atoms with Crippen LogP contribution in [-0.2, 0) is 14.6 Å². The molecule has 6 N–H and O–H groups in total. The normalized spacial score (nSPS) is 11.0. The lowest BCUT2D eigenvalue weighted by Gasteiger charge is -2.03. The highest BCUT2D eigenvalue weighted by molar-refractivity contribution is 7.80. The zero-order chi connectivity index (χ0) is 17.2. The molecule has 0 aliphatic rings. The standard InChI is InChI=1S/C18H38O4S.H3N.H2O/c1-2-3-4-5-6-7-8-9-10-11-12-13-14-15-16-17-18-22-23(19,20)21;;/h2-18H2,1H3,(H,19,20,21);1H3;1H2. The van der Waals surface area contributed by atoms with Crippen molar-refractivity contribution < 1.29 is 22.6 Å². The van der Waals surface area contributed by atoms with E-state index in [1.807, 2.05) is 0 Å². The summed E-state index contributed by atoms with van der Waals surface area (Å²) in [6.07, 6.45) is 20.5. The molecular formula is C18H43NO5S. The van der Waals surface area contributed by atoms with Gasteiger partial charge in [0.25, 0.3) is 0 Å². The lowest BCUT2D eigenvalue weighted by molar-refractivity contribution is 0.261. The lowest BCUT2D eigenvalue weighted by atomic mass is 10.0. The number of unbranched alkanes of at least 4 members (excludes halogenated alkanes) is 15. The third-order valence-corrected chi connectivity index (χ3v) is 4.69. The maximum atomic E-state index is 10.3. The van der Waals surface area contributed by atoms with Crippen LogP contribution in [-0.4, -0.2) is 25.1 Å². The van der Waals surface area contributed by atoms with Gasteiger partial charge in [-0.25, -0.2) is 4.18 Å². The van der Waals surface area contributed by atoms with E-state index in [1.54, 1.807) is 0 Å². The van der Waals surface area contributed by atoms with Crippen molar-refractivity contribution in [3.8, 4) is 0 Å². The zero-order valence-corrected chi connectivity index (χ0v) is 17.1. The minimum absolute atomic E-state index is 0. The summed E-state index contributed by atoms with van der Waals surface area (Å²) in [7, 11) is -4.24. The summed E-state index contributed by atoms with van der Waals surface area (Å²) in [6, 6.07) is 0. The molecule has 0 amide bonds. The molecule has 0 saturated heterocycles. The SMILES string of the molecule is CCCCCCCCCCCCCCCCCCOS(=O)(=O)O.N.O. The van der Waals surface area contributed by atoms with E-state index >= 15 is 0 Å². The molecule has 0 heterocycles. The van der Waals surface area contributed by atoms with Gasteiger partial charge in [0.2, 0.25) is 0 Å². The molecule has 0 aliphatic heterocycles. The first-order valence-corrected chi connectivity index (χ1v) is 11.0. The minimum atomic E-state index is -4.24. The molecule has 0 bridgehead atoms. The first-order valence-electron chi connectivity index (χ1n) is 9.68. The van der Waals surface area contributed by atoms with Gasteiger partial charge in [0.15, 0.2) is 0 Å². The van der Waals surface area contributed by atoms with Crippen molar-refractivity contribution in [2.75, 3.05) is 6.61 Å². The fourth-order valence-corrected chi connectivity index (χ4v) is 3.14. The quantitative estimate of drug-likeness (QED) is 0.241. The van der Waals surface area contributed by atoms with Gasteiger partial charge in [-0.2, -0.15) is 8.42 Å². The van der Waals surface area contributed by atoms with Crippen LogP contribution in [0.3, 0.4) is 0 Å². The Morgan fingerprint density at radius 1 is 0.640 bits per heavy atom. The first-order chi connectivity index (χ1) is 11.1. The van der Waals surface area contributed by atoms with E-state index in [0.717, 1.165) is 12.8 Å². The highest BCUT2D eigenvalue weighted by Crippen LogP contribution is 2.13. The molecule has 0 spiro atoms. The molecule has 156 valence electrons. The van der Waals surface area contributed by atoms with Crippen LogP contribution in [0.1, 0.15) is 110 Å². The van der Waals surface area contributed by atoms with E-state index in [9.17, 15) is 8.42 Å². The molecule has 0 atom stereocenters. The molecule has 6 nitrogen and oxygen atoms in total. The molecule has 25 heavy (non-hydrogen) atoms. The van der Waals surface area contributed by atoms with E-state index in [-0.39, 0.29) is 18.2 Å². The van der Waals surface area contributed by atoms with Crippen LogP contribution in [0.2, 0.25) is 0 Å². The average Bonchev–Trinajstić information content (AvgIpc) is 2.49. The predicted octanol–water partition coefficient (Wildman–Crippen LogP) is 5.40. The van der Waals surface area contributed by atoms with E-state index < -0.39 is 10.4 Å². The van der Waals surface area contributed by atoms with Gasteiger partial charge in [0, 0.05) is 0 Å². The van der Waals surface area contributed by atoms with Crippen LogP contribution in [0.25, 0.3) is 0 Å². The third-order valence-electron chi connectivity index (χ3n) is 4.23. The summed E-state index contributed by atoms with van der Waals surface area (Å²) in [6.45, 7) is 2.36. The molecule has 0 aromatic heterocycles. The average molecular weight is 386 g/mol. The van der Waals surface area contributed by atoms with Gasteiger partial charge >= 0.3 is 10.4 Å². The second-order valence-electron chi connectivity index (χ2n) is 6.55. The van der Waals surface area contributed by atoms with Crippen LogP contribution in [0, 0.1) is 0 Å². The van der Waals surface area contributed by atoms with Crippen molar-refractivity contribution in [3.63, 3.8) is 0 Å². The van der Waals surface area contributed by atoms with Crippen LogP contribution in [0.5, 0.6) is 0 Å². The van der Waals surface area contributed by atoms with Crippen LogP contribution >= 0.6 is 0 Å². The van der Waals surface area contributed by atoms with Crippen LogP contribution in [0.15, 0.2) is 0 Å².